The van der Waals surface area contributed by atoms with Gasteiger partial charge in [0.05, 0.1) is 5.71 Å². The predicted octanol–water partition coefficient (Wildman–Crippen LogP) is 2.60. The molecule has 2 amide bonds. The topological polar surface area (TPSA) is 90.2 Å². The van der Waals surface area contributed by atoms with Gasteiger partial charge in [0.25, 0.3) is 5.91 Å². The first-order valence-electron chi connectivity index (χ1n) is 10.4. The first-order valence-corrected chi connectivity index (χ1v) is 10.8. The normalized spacial score (nSPS) is 18.6. The SMILES string of the molecule is Cc1c(C(=O)NN2CCN(C)CC2)oc2c1/C(=N/NC(=O)c1ccc(Cl)cc1)CCC2. The summed E-state index contributed by atoms with van der Waals surface area (Å²) in [6.07, 6.45) is 2.28. The Morgan fingerprint density at radius 2 is 1.77 bits per heavy atom. The Kier molecular flexibility index (Phi) is 6.41. The third kappa shape index (κ3) is 4.81. The van der Waals surface area contributed by atoms with Crippen molar-refractivity contribution in [1.29, 1.82) is 0 Å². The molecule has 2 aliphatic rings. The van der Waals surface area contributed by atoms with Crippen LogP contribution < -0.4 is 10.9 Å². The molecule has 0 unspecified atom stereocenters. The van der Waals surface area contributed by atoms with Crippen LogP contribution in [0, 0.1) is 6.92 Å². The van der Waals surface area contributed by atoms with Gasteiger partial charge in [-0.3, -0.25) is 15.0 Å². The maximum atomic E-state index is 12.8. The smallest absolute Gasteiger partial charge is 0.301 e. The van der Waals surface area contributed by atoms with Gasteiger partial charge in [0.2, 0.25) is 0 Å². The zero-order valence-electron chi connectivity index (χ0n) is 17.7. The van der Waals surface area contributed by atoms with E-state index in [-0.39, 0.29) is 11.8 Å². The fourth-order valence-electron chi connectivity index (χ4n) is 3.89. The number of amides is 2. The number of likely N-dealkylation sites (N-methyl/N-ethyl adjacent to an activating group) is 1. The van der Waals surface area contributed by atoms with E-state index in [0.29, 0.717) is 22.8 Å². The van der Waals surface area contributed by atoms with Crippen LogP contribution in [0.5, 0.6) is 0 Å². The molecule has 0 saturated carbocycles. The number of piperazine rings is 1. The molecule has 0 spiro atoms. The standard InChI is InChI=1S/C22H26ClN5O3/c1-14-19-17(24-25-21(29)15-6-8-16(23)9-7-15)4-3-5-18(19)31-20(14)22(30)26-28-12-10-27(2)11-13-28/h6-9H,3-5,10-13H2,1-2H3,(H,25,29)(H,26,30)/b24-17+. The summed E-state index contributed by atoms with van der Waals surface area (Å²) < 4.78 is 5.94. The molecular formula is C22H26ClN5O3. The van der Waals surface area contributed by atoms with Crippen molar-refractivity contribution in [2.75, 3.05) is 33.2 Å². The zero-order valence-corrected chi connectivity index (χ0v) is 18.5. The summed E-state index contributed by atoms with van der Waals surface area (Å²) in [6, 6.07) is 6.61. The van der Waals surface area contributed by atoms with Crippen molar-refractivity contribution < 1.29 is 14.0 Å². The van der Waals surface area contributed by atoms with Crippen molar-refractivity contribution in [1.82, 2.24) is 20.8 Å². The van der Waals surface area contributed by atoms with Crippen molar-refractivity contribution in [2.45, 2.75) is 26.2 Å². The molecule has 2 aromatic rings. The molecule has 0 atom stereocenters. The highest BCUT2D eigenvalue weighted by Crippen LogP contribution is 2.30. The number of hydrazone groups is 1. The van der Waals surface area contributed by atoms with E-state index < -0.39 is 0 Å². The number of nitrogens with one attached hydrogen (secondary N) is 2. The first kappa shape index (κ1) is 21.5. The number of benzene rings is 1. The molecule has 9 heteroatoms. The second kappa shape index (κ2) is 9.21. The van der Waals surface area contributed by atoms with Crippen LogP contribution in [0.1, 0.15) is 50.6 Å². The number of carbonyl (C=O) groups excluding carboxylic acids is 2. The van der Waals surface area contributed by atoms with Crippen LogP contribution in [0.15, 0.2) is 33.8 Å². The number of hydrogen-bond acceptors (Lipinski definition) is 6. The monoisotopic (exact) mass is 443 g/mol. The van der Waals surface area contributed by atoms with Crippen molar-refractivity contribution in [3.63, 3.8) is 0 Å². The highest BCUT2D eigenvalue weighted by atomic mass is 35.5. The van der Waals surface area contributed by atoms with E-state index >= 15 is 0 Å². The molecule has 164 valence electrons. The van der Waals surface area contributed by atoms with Gasteiger partial charge < -0.3 is 9.32 Å². The second-order valence-corrected chi connectivity index (χ2v) is 8.38. The molecule has 1 aromatic heterocycles. The van der Waals surface area contributed by atoms with Crippen LogP contribution >= 0.6 is 11.6 Å². The number of furan rings is 1. The van der Waals surface area contributed by atoms with Crippen molar-refractivity contribution in [2.24, 2.45) is 5.10 Å². The lowest BCUT2D eigenvalue weighted by atomic mass is 9.93. The van der Waals surface area contributed by atoms with Gasteiger partial charge in [-0.05, 0) is 51.1 Å². The van der Waals surface area contributed by atoms with Gasteiger partial charge in [-0.2, -0.15) is 5.10 Å². The first-order chi connectivity index (χ1) is 14.9. The van der Waals surface area contributed by atoms with E-state index in [9.17, 15) is 9.59 Å². The average Bonchev–Trinajstić information content (AvgIpc) is 3.11. The summed E-state index contributed by atoms with van der Waals surface area (Å²) in [7, 11) is 2.07. The lowest BCUT2D eigenvalue weighted by molar-refractivity contribution is 0.0634. The Bertz CT molecular complexity index is 1010. The molecule has 1 fully saturated rings. The molecule has 8 nitrogen and oxygen atoms in total. The lowest BCUT2D eigenvalue weighted by Crippen LogP contribution is -2.52. The number of hydrazine groups is 1. The number of fused-ring (bicyclic) bond motifs is 1. The number of hydrogen-bond donors (Lipinski definition) is 2. The third-order valence-electron chi connectivity index (χ3n) is 5.69. The maximum Gasteiger partial charge on any atom is 0.301 e. The Balaban J connectivity index is 1.49. The van der Waals surface area contributed by atoms with E-state index in [1.165, 1.54) is 0 Å². The molecule has 1 aromatic carbocycles. The Labute approximate surface area is 186 Å². The number of aryl methyl sites for hydroxylation is 1. The fourth-order valence-corrected chi connectivity index (χ4v) is 4.02. The molecule has 31 heavy (non-hydrogen) atoms. The van der Waals surface area contributed by atoms with E-state index in [1.807, 2.05) is 11.9 Å². The lowest BCUT2D eigenvalue weighted by Gasteiger charge is -2.32. The number of halogens is 1. The largest absolute Gasteiger partial charge is 0.455 e. The minimum Gasteiger partial charge on any atom is -0.455 e. The molecule has 1 saturated heterocycles. The van der Waals surface area contributed by atoms with Crippen molar-refractivity contribution in [3.05, 3.63) is 57.5 Å². The quantitative estimate of drug-likeness (QED) is 0.709. The molecule has 0 radical (unpaired) electrons. The summed E-state index contributed by atoms with van der Waals surface area (Å²) in [5.41, 5.74) is 8.34. The molecular weight excluding hydrogens is 418 g/mol. The Morgan fingerprint density at radius 3 is 2.48 bits per heavy atom. The summed E-state index contributed by atoms with van der Waals surface area (Å²) in [6.45, 7) is 5.20. The van der Waals surface area contributed by atoms with Crippen LogP contribution in [0.25, 0.3) is 0 Å². The minimum absolute atomic E-state index is 0.249. The highest BCUT2D eigenvalue weighted by molar-refractivity contribution is 6.30. The van der Waals surface area contributed by atoms with E-state index in [1.54, 1.807) is 24.3 Å². The van der Waals surface area contributed by atoms with Gasteiger partial charge in [0, 0.05) is 54.3 Å². The summed E-state index contributed by atoms with van der Waals surface area (Å²) in [5.74, 6) is 0.487. The molecule has 0 bridgehead atoms. The summed E-state index contributed by atoms with van der Waals surface area (Å²) in [4.78, 5) is 27.5. The predicted molar refractivity (Wildman–Crippen MR) is 118 cm³/mol. The average molecular weight is 444 g/mol. The molecule has 1 aliphatic heterocycles. The number of rotatable bonds is 4. The van der Waals surface area contributed by atoms with Gasteiger partial charge in [-0.1, -0.05) is 11.6 Å². The van der Waals surface area contributed by atoms with Crippen molar-refractivity contribution >= 4 is 29.1 Å². The van der Waals surface area contributed by atoms with Gasteiger partial charge >= 0.3 is 5.91 Å². The van der Waals surface area contributed by atoms with Crippen LogP contribution in [0.3, 0.4) is 0 Å². The summed E-state index contributed by atoms with van der Waals surface area (Å²) in [5, 5.41) is 6.84. The van der Waals surface area contributed by atoms with Crippen LogP contribution in [0.4, 0.5) is 0 Å². The van der Waals surface area contributed by atoms with E-state index in [0.717, 1.165) is 61.6 Å². The van der Waals surface area contributed by atoms with E-state index in [2.05, 4.69) is 27.9 Å². The number of carbonyl (C=O) groups is 2. The highest BCUT2D eigenvalue weighted by Gasteiger charge is 2.29. The zero-order chi connectivity index (χ0) is 22.0. The second-order valence-electron chi connectivity index (χ2n) is 7.95. The van der Waals surface area contributed by atoms with E-state index in [4.69, 9.17) is 16.0 Å². The molecule has 1 aliphatic carbocycles. The van der Waals surface area contributed by atoms with Gasteiger partial charge in [-0.15, -0.1) is 0 Å². The maximum absolute atomic E-state index is 12.8. The Morgan fingerprint density at radius 1 is 1.06 bits per heavy atom. The molecule has 4 rings (SSSR count). The van der Waals surface area contributed by atoms with Gasteiger partial charge in [0.1, 0.15) is 5.76 Å². The van der Waals surface area contributed by atoms with Crippen molar-refractivity contribution in [3.8, 4) is 0 Å². The Hall–Kier alpha value is -2.68. The summed E-state index contributed by atoms with van der Waals surface area (Å²) >= 11 is 5.88. The fraction of sp³-hybridized carbons (Fsp3) is 0.409. The number of nitrogens with zero attached hydrogens (tertiary/aromatic N) is 3. The third-order valence-corrected chi connectivity index (χ3v) is 5.95. The van der Waals surface area contributed by atoms with Crippen LogP contribution in [-0.2, 0) is 6.42 Å². The van der Waals surface area contributed by atoms with Crippen LogP contribution in [0.2, 0.25) is 5.02 Å². The van der Waals surface area contributed by atoms with Crippen LogP contribution in [-0.4, -0.2) is 60.7 Å². The van der Waals surface area contributed by atoms with Gasteiger partial charge in [-0.25, -0.2) is 10.4 Å². The molecule has 2 N–H and O–H groups in total. The van der Waals surface area contributed by atoms with Gasteiger partial charge in [0.15, 0.2) is 5.76 Å². The molecule has 2 heterocycles. The minimum atomic E-state index is -0.314.